The zero-order chi connectivity index (χ0) is 13.1. The quantitative estimate of drug-likeness (QED) is 0.725. The number of hydrogen-bond donors (Lipinski definition) is 1. The van der Waals surface area contributed by atoms with Crippen LogP contribution in [0, 0.1) is 0 Å². The maximum absolute atomic E-state index is 11.9. The molecule has 2 aliphatic rings. The first-order valence-corrected chi connectivity index (χ1v) is 6.07. The largest absolute Gasteiger partial charge is 0.340 e. The standard InChI is InChI=1S/C13H16N2O3/c1-15-11(16)8-7-10(13(15)18)14-12(17)9-5-3-2-4-6-9/h3,5-6,10H,2,4,7-8H2,1H3,(H,14,17). The predicted molar refractivity (Wildman–Crippen MR) is 65.4 cm³/mol. The van der Waals surface area contributed by atoms with Gasteiger partial charge in [0.25, 0.3) is 11.8 Å². The van der Waals surface area contributed by atoms with Crippen LogP contribution in [0.1, 0.15) is 25.7 Å². The second-order valence-corrected chi connectivity index (χ2v) is 4.49. The van der Waals surface area contributed by atoms with E-state index < -0.39 is 6.04 Å². The lowest BCUT2D eigenvalue weighted by Gasteiger charge is -2.28. The molecule has 0 aromatic heterocycles. The van der Waals surface area contributed by atoms with Crippen LogP contribution in [-0.4, -0.2) is 35.7 Å². The van der Waals surface area contributed by atoms with Gasteiger partial charge in [-0.15, -0.1) is 0 Å². The van der Waals surface area contributed by atoms with E-state index in [1.165, 1.54) is 7.05 Å². The number of allylic oxidation sites excluding steroid dienone is 2. The Morgan fingerprint density at radius 3 is 2.83 bits per heavy atom. The normalized spacial score (nSPS) is 23.9. The number of carbonyl (C=O) groups excluding carboxylic acids is 3. The van der Waals surface area contributed by atoms with Crippen LogP contribution in [0.5, 0.6) is 0 Å². The third kappa shape index (κ3) is 2.50. The third-order valence-corrected chi connectivity index (χ3v) is 3.21. The summed E-state index contributed by atoms with van der Waals surface area (Å²) in [6.07, 6.45) is 8.02. The summed E-state index contributed by atoms with van der Waals surface area (Å²) < 4.78 is 0. The maximum Gasteiger partial charge on any atom is 0.251 e. The Morgan fingerprint density at radius 1 is 1.39 bits per heavy atom. The molecule has 2 rings (SSSR count). The van der Waals surface area contributed by atoms with E-state index in [0.29, 0.717) is 18.4 Å². The zero-order valence-electron chi connectivity index (χ0n) is 10.3. The van der Waals surface area contributed by atoms with Crippen molar-refractivity contribution in [1.82, 2.24) is 10.2 Å². The highest BCUT2D eigenvalue weighted by Crippen LogP contribution is 2.14. The molecule has 1 N–H and O–H groups in total. The predicted octanol–water partition coefficient (Wildman–Crippen LogP) is 0.526. The SMILES string of the molecule is CN1C(=O)CCC(NC(=O)C2=CCCC=C2)C1=O. The second kappa shape index (κ2) is 5.16. The lowest BCUT2D eigenvalue weighted by Crippen LogP contribution is -2.53. The highest BCUT2D eigenvalue weighted by molar-refractivity contribution is 6.04. The summed E-state index contributed by atoms with van der Waals surface area (Å²) in [5.41, 5.74) is 0.591. The summed E-state index contributed by atoms with van der Waals surface area (Å²) >= 11 is 0. The van der Waals surface area contributed by atoms with Crippen LogP contribution in [0.25, 0.3) is 0 Å². The Balaban J connectivity index is 1.99. The van der Waals surface area contributed by atoms with Gasteiger partial charge < -0.3 is 5.32 Å². The van der Waals surface area contributed by atoms with E-state index >= 15 is 0 Å². The van der Waals surface area contributed by atoms with Crippen LogP contribution in [0.3, 0.4) is 0 Å². The monoisotopic (exact) mass is 248 g/mol. The molecule has 0 spiro atoms. The van der Waals surface area contributed by atoms with Gasteiger partial charge in [-0.2, -0.15) is 0 Å². The van der Waals surface area contributed by atoms with Crippen molar-refractivity contribution >= 4 is 17.7 Å². The molecule has 0 aromatic carbocycles. The van der Waals surface area contributed by atoms with Gasteiger partial charge in [0, 0.05) is 19.0 Å². The van der Waals surface area contributed by atoms with E-state index in [1.54, 1.807) is 6.08 Å². The topological polar surface area (TPSA) is 66.5 Å². The van der Waals surface area contributed by atoms with Gasteiger partial charge in [0.05, 0.1) is 0 Å². The Bertz CT molecular complexity index is 451. The molecule has 0 radical (unpaired) electrons. The minimum absolute atomic E-state index is 0.192. The molecule has 0 saturated carbocycles. The fourth-order valence-corrected chi connectivity index (χ4v) is 2.07. The Kier molecular flexibility index (Phi) is 3.60. The molecule has 1 aliphatic heterocycles. The first kappa shape index (κ1) is 12.5. The van der Waals surface area contributed by atoms with E-state index in [0.717, 1.165) is 17.7 Å². The van der Waals surface area contributed by atoms with Crippen LogP contribution >= 0.6 is 0 Å². The smallest absolute Gasteiger partial charge is 0.251 e. The molecule has 5 nitrogen and oxygen atoms in total. The fourth-order valence-electron chi connectivity index (χ4n) is 2.07. The number of amides is 3. The van der Waals surface area contributed by atoms with E-state index in [-0.39, 0.29) is 17.7 Å². The summed E-state index contributed by atoms with van der Waals surface area (Å²) in [4.78, 5) is 36.1. The lowest BCUT2D eigenvalue weighted by atomic mass is 10.0. The van der Waals surface area contributed by atoms with Gasteiger partial charge in [0.15, 0.2) is 0 Å². The van der Waals surface area contributed by atoms with Crippen LogP contribution in [0.2, 0.25) is 0 Å². The highest BCUT2D eigenvalue weighted by atomic mass is 16.2. The molecule has 1 aliphatic carbocycles. The van der Waals surface area contributed by atoms with Crippen molar-refractivity contribution in [3.05, 3.63) is 23.8 Å². The number of nitrogens with zero attached hydrogens (tertiary/aromatic N) is 1. The Hall–Kier alpha value is -1.91. The summed E-state index contributed by atoms with van der Waals surface area (Å²) in [7, 11) is 1.45. The molecular weight excluding hydrogens is 232 g/mol. The number of carbonyl (C=O) groups is 3. The van der Waals surface area contributed by atoms with Gasteiger partial charge in [0.2, 0.25) is 5.91 Å². The fraction of sp³-hybridized carbons (Fsp3) is 0.462. The van der Waals surface area contributed by atoms with Crippen molar-refractivity contribution in [2.45, 2.75) is 31.7 Å². The lowest BCUT2D eigenvalue weighted by molar-refractivity contribution is -0.149. The molecule has 1 atom stereocenters. The molecular formula is C13H16N2O3. The first-order valence-electron chi connectivity index (χ1n) is 6.07. The molecule has 1 fully saturated rings. The van der Waals surface area contributed by atoms with Gasteiger partial charge in [-0.05, 0) is 19.3 Å². The number of nitrogens with one attached hydrogen (secondary N) is 1. The average Bonchev–Trinajstić information content (AvgIpc) is 2.40. The van der Waals surface area contributed by atoms with Crippen LogP contribution in [0.15, 0.2) is 23.8 Å². The number of hydrogen-bond acceptors (Lipinski definition) is 3. The van der Waals surface area contributed by atoms with Gasteiger partial charge >= 0.3 is 0 Å². The Morgan fingerprint density at radius 2 is 2.17 bits per heavy atom. The number of rotatable bonds is 2. The van der Waals surface area contributed by atoms with Crippen molar-refractivity contribution in [2.24, 2.45) is 0 Å². The molecule has 96 valence electrons. The van der Waals surface area contributed by atoms with E-state index in [1.807, 2.05) is 12.2 Å². The number of imide groups is 1. The van der Waals surface area contributed by atoms with Crippen LogP contribution in [0.4, 0.5) is 0 Å². The van der Waals surface area contributed by atoms with Crippen LogP contribution in [-0.2, 0) is 14.4 Å². The minimum atomic E-state index is -0.587. The van der Waals surface area contributed by atoms with Gasteiger partial charge in [-0.1, -0.05) is 18.2 Å². The van der Waals surface area contributed by atoms with Gasteiger partial charge in [-0.3, -0.25) is 19.3 Å². The zero-order valence-corrected chi connectivity index (χ0v) is 10.3. The molecule has 1 unspecified atom stereocenters. The van der Waals surface area contributed by atoms with Crippen molar-refractivity contribution in [3.8, 4) is 0 Å². The Labute approximate surface area is 106 Å². The van der Waals surface area contributed by atoms with Crippen molar-refractivity contribution in [1.29, 1.82) is 0 Å². The molecule has 3 amide bonds. The number of piperidine rings is 1. The van der Waals surface area contributed by atoms with Crippen molar-refractivity contribution in [2.75, 3.05) is 7.05 Å². The van der Waals surface area contributed by atoms with Gasteiger partial charge in [0.1, 0.15) is 6.04 Å². The molecule has 1 heterocycles. The summed E-state index contributed by atoms with van der Waals surface area (Å²) in [5, 5.41) is 2.69. The van der Waals surface area contributed by atoms with E-state index in [4.69, 9.17) is 0 Å². The number of likely N-dealkylation sites (tertiary alicyclic amines) is 1. The maximum atomic E-state index is 11.9. The number of likely N-dealkylation sites (N-methyl/N-ethyl adjacent to an activating group) is 1. The molecule has 0 bridgehead atoms. The van der Waals surface area contributed by atoms with Crippen molar-refractivity contribution < 1.29 is 14.4 Å². The van der Waals surface area contributed by atoms with E-state index in [2.05, 4.69) is 5.32 Å². The van der Waals surface area contributed by atoms with Crippen molar-refractivity contribution in [3.63, 3.8) is 0 Å². The average molecular weight is 248 g/mol. The highest BCUT2D eigenvalue weighted by Gasteiger charge is 2.32. The second-order valence-electron chi connectivity index (χ2n) is 4.49. The third-order valence-electron chi connectivity index (χ3n) is 3.21. The summed E-state index contributed by atoms with van der Waals surface area (Å²) in [5.74, 6) is -0.769. The summed E-state index contributed by atoms with van der Waals surface area (Å²) in [6, 6.07) is -0.587. The summed E-state index contributed by atoms with van der Waals surface area (Å²) in [6.45, 7) is 0. The molecule has 1 saturated heterocycles. The molecule has 5 heteroatoms. The van der Waals surface area contributed by atoms with Crippen LogP contribution < -0.4 is 5.32 Å². The first-order chi connectivity index (χ1) is 8.59. The van der Waals surface area contributed by atoms with E-state index in [9.17, 15) is 14.4 Å². The molecule has 0 aromatic rings. The molecule has 18 heavy (non-hydrogen) atoms. The minimum Gasteiger partial charge on any atom is -0.340 e. The van der Waals surface area contributed by atoms with Gasteiger partial charge in [-0.25, -0.2) is 0 Å².